The molecule has 1 atom stereocenters. The second-order valence-electron chi connectivity index (χ2n) is 7.19. The van der Waals surface area contributed by atoms with Crippen molar-refractivity contribution in [2.24, 2.45) is 0 Å². The Morgan fingerprint density at radius 3 is 2.36 bits per heavy atom. The molecule has 5 nitrogen and oxygen atoms in total. The fraction of sp³-hybridized carbons (Fsp3) is 0.850. The third-order valence-corrected chi connectivity index (χ3v) is 4.86. The topological polar surface area (TPSA) is 63.7 Å². The van der Waals surface area contributed by atoms with Gasteiger partial charge in [0.1, 0.15) is 5.78 Å². The average molecular weight is 354 g/mol. The van der Waals surface area contributed by atoms with Crippen molar-refractivity contribution in [2.45, 2.75) is 104 Å². The number of unbranched alkanes of at least 4 members (excludes halogenated alkanes) is 3. The molecule has 0 saturated carbocycles. The van der Waals surface area contributed by atoms with E-state index in [1.165, 1.54) is 6.92 Å². The minimum absolute atomic E-state index is 0.0195. The zero-order chi connectivity index (χ0) is 18.7. The lowest BCUT2D eigenvalue weighted by Gasteiger charge is -2.46. The van der Waals surface area contributed by atoms with Gasteiger partial charge < -0.3 is 14.4 Å². The highest BCUT2D eigenvalue weighted by molar-refractivity contribution is 5.81. The lowest BCUT2D eigenvalue weighted by atomic mass is 9.92. The van der Waals surface area contributed by atoms with Crippen molar-refractivity contribution in [1.82, 2.24) is 4.90 Å². The van der Waals surface area contributed by atoms with Crippen LogP contribution in [0.3, 0.4) is 0 Å². The Labute approximate surface area is 152 Å². The number of ether oxygens (including phenoxy) is 1. The van der Waals surface area contributed by atoms with Gasteiger partial charge in [-0.1, -0.05) is 39.5 Å². The number of amides is 1. The highest BCUT2D eigenvalue weighted by atomic mass is 16.6. The standard InChI is InChI=1S/C20H35NO4/c1-4-6-7-8-11-18(23)21-16-10-9-15-20(21,14-5-2)25-19(24)13-12-17(3)22/h4-16H2,1-3H3. The number of ketones is 1. The second-order valence-corrected chi connectivity index (χ2v) is 7.19. The molecule has 0 radical (unpaired) electrons. The van der Waals surface area contributed by atoms with Crippen LogP contribution in [0, 0.1) is 0 Å². The van der Waals surface area contributed by atoms with Crippen LogP contribution in [0.25, 0.3) is 0 Å². The second kappa shape index (κ2) is 11.3. The Morgan fingerprint density at radius 1 is 0.960 bits per heavy atom. The maximum atomic E-state index is 12.8. The van der Waals surface area contributed by atoms with E-state index in [1.807, 2.05) is 11.8 Å². The molecule has 25 heavy (non-hydrogen) atoms. The van der Waals surface area contributed by atoms with Crippen LogP contribution in [0.15, 0.2) is 0 Å². The molecule has 1 unspecified atom stereocenters. The van der Waals surface area contributed by atoms with Gasteiger partial charge in [0.05, 0.1) is 6.42 Å². The van der Waals surface area contributed by atoms with E-state index in [4.69, 9.17) is 4.74 Å². The molecule has 5 heteroatoms. The Balaban J connectivity index is 2.77. The first kappa shape index (κ1) is 21.7. The minimum atomic E-state index is -0.803. The fourth-order valence-electron chi connectivity index (χ4n) is 3.55. The minimum Gasteiger partial charge on any atom is -0.439 e. The monoisotopic (exact) mass is 353 g/mol. The molecule has 1 amide bonds. The van der Waals surface area contributed by atoms with Crippen LogP contribution in [0.5, 0.6) is 0 Å². The van der Waals surface area contributed by atoms with Crippen molar-refractivity contribution in [3.63, 3.8) is 0 Å². The summed E-state index contributed by atoms with van der Waals surface area (Å²) < 4.78 is 5.84. The highest BCUT2D eigenvalue weighted by Gasteiger charge is 2.43. The lowest BCUT2D eigenvalue weighted by Crippen LogP contribution is -2.57. The lowest BCUT2D eigenvalue weighted by molar-refractivity contribution is -0.200. The fourth-order valence-corrected chi connectivity index (χ4v) is 3.55. The van der Waals surface area contributed by atoms with Gasteiger partial charge >= 0.3 is 5.97 Å². The summed E-state index contributed by atoms with van der Waals surface area (Å²) in [5.41, 5.74) is -0.803. The van der Waals surface area contributed by atoms with E-state index in [9.17, 15) is 14.4 Å². The first-order valence-corrected chi connectivity index (χ1v) is 9.97. The number of carbonyl (C=O) groups is 3. The maximum Gasteiger partial charge on any atom is 0.308 e. The first-order chi connectivity index (χ1) is 11.9. The Bertz CT molecular complexity index is 445. The highest BCUT2D eigenvalue weighted by Crippen LogP contribution is 2.35. The van der Waals surface area contributed by atoms with Crippen molar-refractivity contribution in [3.8, 4) is 0 Å². The summed E-state index contributed by atoms with van der Waals surface area (Å²) in [5, 5.41) is 0. The van der Waals surface area contributed by atoms with Gasteiger partial charge in [0.25, 0.3) is 0 Å². The molecule has 1 fully saturated rings. The van der Waals surface area contributed by atoms with Crippen molar-refractivity contribution in [1.29, 1.82) is 0 Å². The Hall–Kier alpha value is -1.39. The normalized spacial score (nSPS) is 20.4. The van der Waals surface area contributed by atoms with Gasteiger partial charge in [0.15, 0.2) is 5.72 Å². The van der Waals surface area contributed by atoms with Crippen LogP contribution in [0.4, 0.5) is 0 Å². The Kier molecular flexibility index (Phi) is 9.76. The number of likely N-dealkylation sites (tertiary alicyclic amines) is 1. The zero-order valence-electron chi connectivity index (χ0n) is 16.3. The van der Waals surface area contributed by atoms with Crippen LogP contribution >= 0.6 is 0 Å². The zero-order valence-corrected chi connectivity index (χ0v) is 16.3. The first-order valence-electron chi connectivity index (χ1n) is 9.97. The molecular formula is C20H35NO4. The van der Waals surface area contributed by atoms with Gasteiger partial charge in [-0.3, -0.25) is 9.59 Å². The molecule has 0 spiro atoms. The molecule has 0 aromatic heterocycles. The van der Waals surface area contributed by atoms with Gasteiger partial charge in [-0.2, -0.15) is 0 Å². The summed E-state index contributed by atoms with van der Waals surface area (Å²) in [5.74, 6) is -0.285. The Morgan fingerprint density at radius 2 is 1.72 bits per heavy atom. The molecule has 0 aromatic carbocycles. The van der Waals surface area contributed by atoms with Crippen LogP contribution in [-0.4, -0.2) is 34.8 Å². The van der Waals surface area contributed by atoms with Gasteiger partial charge in [-0.05, 0) is 26.2 Å². The SMILES string of the molecule is CCCCCCC(=O)N1CCCCC1(CCC)OC(=O)CCC(C)=O. The van der Waals surface area contributed by atoms with Crippen molar-refractivity contribution < 1.29 is 19.1 Å². The van der Waals surface area contributed by atoms with Gasteiger partial charge in [-0.25, -0.2) is 0 Å². The van der Waals surface area contributed by atoms with E-state index in [2.05, 4.69) is 6.92 Å². The molecule has 0 aliphatic carbocycles. The van der Waals surface area contributed by atoms with Gasteiger partial charge in [-0.15, -0.1) is 0 Å². The number of hydrogen-bond donors (Lipinski definition) is 0. The van der Waals surface area contributed by atoms with E-state index < -0.39 is 5.72 Å². The van der Waals surface area contributed by atoms with Gasteiger partial charge in [0.2, 0.25) is 5.91 Å². The maximum absolute atomic E-state index is 12.8. The van der Waals surface area contributed by atoms with E-state index in [-0.39, 0.29) is 30.5 Å². The summed E-state index contributed by atoms with van der Waals surface area (Å²) in [4.78, 5) is 38.0. The quantitative estimate of drug-likeness (QED) is 0.408. The summed E-state index contributed by atoms with van der Waals surface area (Å²) in [7, 11) is 0. The van der Waals surface area contributed by atoms with Crippen LogP contribution in [0.2, 0.25) is 0 Å². The molecule has 1 saturated heterocycles. The number of rotatable bonds is 11. The molecule has 1 aliphatic heterocycles. The summed E-state index contributed by atoms with van der Waals surface area (Å²) in [6, 6.07) is 0. The number of esters is 1. The molecule has 0 N–H and O–H groups in total. The summed E-state index contributed by atoms with van der Waals surface area (Å²) >= 11 is 0. The summed E-state index contributed by atoms with van der Waals surface area (Å²) in [6.07, 6.45) is 9.20. The average Bonchev–Trinajstić information content (AvgIpc) is 2.57. The number of hydrogen-bond acceptors (Lipinski definition) is 4. The largest absolute Gasteiger partial charge is 0.439 e. The van der Waals surface area contributed by atoms with Crippen molar-refractivity contribution in [3.05, 3.63) is 0 Å². The molecule has 144 valence electrons. The third-order valence-electron chi connectivity index (χ3n) is 4.86. The van der Waals surface area contributed by atoms with Gasteiger partial charge in [0, 0.05) is 32.2 Å². The number of nitrogens with zero attached hydrogens (tertiary/aromatic N) is 1. The summed E-state index contributed by atoms with van der Waals surface area (Å²) in [6.45, 7) is 6.33. The van der Waals surface area contributed by atoms with E-state index in [0.29, 0.717) is 25.8 Å². The smallest absolute Gasteiger partial charge is 0.308 e. The molecule has 0 bridgehead atoms. The van der Waals surface area contributed by atoms with Crippen LogP contribution in [0.1, 0.15) is 97.8 Å². The van der Waals surface area contributed by atoms with Crippen LogP contribution < -0.4 is 0 Å². The third kappa shape index (κ3) is 7.17. The van der Waals surface area contributed by atoms with E-state index >= 15 is 0 Å². The molecular weight excluding hydrogens is 318 g/mol. The predicted octanol–water partition coefficient (Wildman–Crippen LogP) is 4.38. The number of Topliss-reactive ketones (excluding diaryl/α,β-unsaturated/α-hetero) is 1. The van der Waals surface area contributed by atoms with Crippen molar-refractivity contribution in [2.75, 3.05) is 6.54 Å². The van der Waals surface area contributed by atoms with E-state index in [1.54, 1.807) is 0 Å². The molecule has 1 aliphatic rings. The molecule has 0 aromatic rings. The van der Waals surface area contributed by atoms with E-state index in [0.717, 1.165) is 44.9 Å². The predicted molar refractivity (Wildman–Crippen MR) is 98.0 cm³/mol. The molecule has 1 heterocycles. The van der Waals surface area contributed by atoms with Crippen LogP contribution in [-0.2, 0) is 19.1 Å². The molecule has 1 rings (SSSR count). The number of carbonyl (C=O) groups excluding carboxylic acids is 3. The van der Waals surface area contributed by atoms with Crippen molar-refractivity contribution >= 4 is 17.7 Å². The number of piperidine rings is 1.